The average molecular weight is 284 g/mol. The summed E-state index contributed by atoms with van der Waals surface area (Å²) >= 11 is 0. The van der Waals surface area contributed by atoms with Crippen molar-refractivity contribution < 1.29 is 9.84 Å². The highest BCUT2D eigenvalue weighted by molar-refractivity contribution is 4.93. The van der Waals surface area contributed by atoms with Crippen molar-refractivity contribution in [2.24, 2.45) is 0 Å². The van der Waals surface area contributed by atoms with Crippen molar-refractivity contribution >= 4 is 0 Å². The van der Waals surface area contributed by atoms with Crippen molar-refractivity contribution in [2.45, 2.75) is 76.1 Å². The highest BCUT2D eigenvalue weighted by Crippen LogP contribution is 2.32. The van der Waals surface area contributed by atoms with Crippen molar-refractivity contribution in [1.82, 2.24) is 10.2 Å². The summed E-state index contributed by atoms with van der Waals surface area (Å²) in [5.74, 6) is 0. The van der Waals surface area contributed by atoms with Gasteiger partial charge in [-0.05, 0) is 39.2 Å². The van der Waals surface area contributed by atoms with Crippen LogP contribution in [0.25, 0.3) is 0 Å². The first-order valence-corrected chi connectivity index (χ1v) is 8.41. The van der Waals surface area contributed by atoms with Crippen LogP contribution in [0.4, 0.5) is 0 Å². The van der Waals surface area contributed by atoms with Crippen molar-refractivity contribution in [2.75, 3.05) is 26.8 Å². The number of ether oxygens (including phenoxy) is 1. The Morgan fingerprint density at radius 1 is 1.30 bits per heavy atom. The van der Waals surface area contributed by atoms with E-state index < -0.39 is 0 Å². The molecule has 0 aliphatic carbocycles. The van der Waals surface area contributed by atoms with E-state index in [0.717, 1.165) is 31.5 Å². The molecule has 20 heavy (non-hydrogen) atoms. The van der Waals surface area contributed by atoms with Crippen LogP contribution in [0.3, 0.4) is 0 Å². The molecule has 0 spiro atoms. The van der Waals surface area contributed by atoms with Gasteiger partial charge in [0, 0.05) is 31.3 Å². The van der Waals surface area contributed by atoms with Gasteiger partial charge in [0.25, 0.3) is 0 Å². The zero-order valence-electron chi connectivity index (χ0n) is 13.2. The number of nitrogens with one attached hydrogen (secondary N) is 1. The van der Waals surface area contributed by atoms with E-state index in [9.17, 15) is 5.11 Å². The standard InChI is InChI=1S/C16H32N2O2/c1-3-4-8-20-12-16(19)11-17-13-9-14-6-5-7-15(10-13)18(14)2/h13-17,19H,3-12H2,1-2H3. The fraction of sp³-hybridized carbons (Fsp3) is 1.00. The van der Waals surface area contributed by atoms with Crippen LogP contribution in [0.1, 0.15) is 51.9 Å². The van der Waals surface area contributed by atoms with Crippen LogP contribution >= 0.6 is 0 Å². The van der Waals surface area contributed by atoms with Crippen LogP contribution in [-0.4, -0.2) is 61.0 Å². The van der Waals surface area contributed by atoms with E-state index in [1.54, 1.807) is 0 Å². The fourth-order valence-corrected chi connectivity index (χ4v) is 3.61. The van der Waals surface area contributed by atoms with E-state index in [4.69, 9.17) is 4.74 Å². The molecule has 0 aromatic heterocycles. The molecule has 0 saturated carbocycles. The molecule has 0 radical (unpaired) electrons. The van der Waals surface area contributed by atoms with Gasteiger partial charge in [0.2, 0.25) is 0 Å². The lowest BCUT2D eigenvalue weighted by molar-refractivity contribution is 0.0227. The summed E-state index contributed by atoms with van der Waals surface area (Å²) in [6.45, 7) is 4.05. The Morgan fingerprint density at radius 3 is 2.65 bits per heavy atom. The number of fused-ring (bicyclic) bond motifs is 2. The van der Waals surface area contributed by atoms with Gasteiger partial charge in [-0.2, -0.15) is 0 Å². The van der Waals surface area contributed by atoms with Crippen molar-refractivity contribution in [1.29, 1.82) is 0 Å². The minimum absolute atomic E-state index is 0.369. The monoisotopic (exact) mass is 284 g/mol. The molecule has 4 heteroatoms. The molecule has 2 rings (SSSR count). The van der Waals surface area contributed by atoms with Gasteiger partial charge in [-0.15, -0.1) is 0 Å². The minimum Gasteiger partial charge on any atom is -0.389 e. The largest absolute Gasteiger partial charge is 0.389 e. The van der Waals surface area contributed by atoms with Crippen molar-refractivity contribution in [3.63, 3.8) is 0 Å². The van der Waals surface area contributed by atoms with Gasteiger partial charge < -0.3 is 20.1 Å². The molecule has 2 N–H and O–H groups in total. The molecule has 0 aromatic rings. The van der Waals surface area contributed by atoms with Gasteiger partial charge in [0.1, 0.15) is 0 Å². The van der Waals surface area contributed by atoms with E-state index in [1.807, 2.05) is 0 Å². The second-order valence-corrected chi connectivity index (χ2v) is 6.56. The van der Waals surface area contributed by atoms with E-state index in [-0.39, 0.29) is 6.10 Å². The third-order valence-corrected chi connectivity index (χ3v) is 4.93. The molecular weight excluding hydrogens is 252 g/mol. The molecule has 2 aliphatic heterocycles. The Balaban J connectivity index is 1.62. The molecule has 2 aliphatic rings. The summed E-state index contributed by atoms with van der Waals surface area (Å²) in [5.41, 5.74) is 0. The predicted molar refractivity (Wildman–Crippen MR) is 81.9 cm³/mol. The van der Waals surface area contributed by atoms with Crippen LogP contribution < -0.4 is 5.32 Å². The molecule has 0 amide bonds. The van der Waals surface area contributed by atoms with Crippen molar-refractivity contribution in [3.8, 4) is 0 Å². The molecular formula is C16H32N2O2. The normalized spacial score (nSPS) is 32.2. The number of rotatable bonds is 8. The van der Waals surface area contributed by atoms with Gasteiger partial charge in [0.15, 0.2) is 0 Å². The molecule has 118 valence electrons. The quantitative estimate of drug-likeness (QED) is 0.667. The lowest BCUT2D eigenvalue weighted by atomic mass is 9.82. The van der Waals surface area contributed by atoms with Crippen LogP contribution in [0.15, 0.2) is 0 Å². The molecule has 2 bridgehead atoms. The Bertz CT molecular complexity index is 261. The lowest BCUT2D eigenvalue weighted by Crippen LogP contribution is -2.55. The number of hydrogen-bond donors (Lipinski definition) is 2. The maximum atomic E-state index is 9.94. The van der Waals surface area contributed by atoms with Crippen molar-refractivity contribution in [3.05, 3.63) is 0 Å². The second-order valence-electron chi connectivity index (χ2n) is 6.56. The Kier molecular flexibility index (Phi) is 6.75. The SMILES string of the molecule is CCCCOCC(O)CNC1CC2CCCC(C1)N2C. The first kappa shape index (κ1) is 16.2. The summed E-state index contributed by atoms with van der Waals surface area (Å²) < 4.78 is 5.47. The highest BCUT2D eigenvalue weighted by Gasteiger charge is 2.35. The fourth-order valence-electron chi connectivity index (χ4n) is 3.61. The Labute approximate surface area is 123 Å². The zero-order valence-corrected chi connectivity index (χ0v) is 13.2. The van der Waals surface area contributed by atoms with E-state index in [0.29, 0.717) is 19.2 Å². The lowest BCUT2D eigenvalue weighted by Gasteiger charge is -2.47. The third-order valence-electron chi connectivity index (χ3n) is 4.93. The van der Waals surface area contributed by atoms with E-state index >= 15 is 0 Å². The molecule has 2 fully saturated rings. The number of aliphatic hydroxyl groups excluding tert-OH is 1. The van der Waals surface area contributed by atoms with Gasteiger partial charge in [0.05, 0.1) is 12.7 Å². The Hall–Kier alpha value is -0.160. The van der Waals surface area contributed by atoms with Gasteiger partial charge >= 0.3 is 0 Å². The second kappa shape index (κ2) is 8.32. The van der Waals surface area contributed by atoms with Crippen LogP contribution in [-0.2, 0) is 4.74 Å². The first-order chi connectivity index (χ1) is 9.70. The van der Waals surface area contributed by atoms with Gasteiger partial charge in [-0.3, -0.25) is 0 Å². The number of unbranched alkanes of at least 4 members (excludes halogenated alkanes) is 1. The van der Waals surface area contributed by atoms with E-state index in [2.05, 4.69) is 24.2 Å². The maximum Gasteiger partial charge on any atom is 0.0897 e. The first-order valence-electron chi connectivity index (χ1n) is 8.41. The van der Waals surface area contributed by atoms with E-state index in [1.165, 1.54) is 32.1 Å². The summed E-state index contributed by atoms with van der Waals surface area (Å²) in [4.78, 5) is 2.58. The van der Waals surface area contributed by atoms with Gasteiger partial charge in [-0.25, -0.2) is 0 Å². The maximum absolute atomic E-state index is 9.94. The minimum atomic E-state index is -0.369. The third kappa shape index (κ3) is 4.69. The summed E-state index contributed by atoms with van der Waals surface area (Å²) in [6.07, 6.45) is 8.39. The smallest absolute Gasteiger partial charge is 0.0897 e. The average Bonchev–Trinajstić information content (AvgIpc) is 2.42. The molecule has 3 unspecified atom stereocenters. The predicted octanol–water partition coefficient (Wildman–Crippen LogP) is 1.77. The molecule has 2 saturated heterocycles. The van der Waals surface area contributed by atoms with Crippen LogP contribution in [0.5, 0.6) is 0 Å². The van der Waals surface area contributed by atoms with Crippen LogP contribution in [0, 0.1) is 0 Å². The number of aliphatic hydroxyl groups is 1. The number of hydrogen-bond acceptors (Lipinski definition) is 4. The topological polar surface area (TPSA) is 44.7 Å². The zero-order chi connectivity index (χ0) is 14.4. The summed E-state index contributed by atoms with van der Waals surface area (Å²) in [5, 5.41) is 13.5. The highest BCUT2D eigenvalue weighted by atomic mass is 16.5. The molecule has 4 nitrogen and oxygen atoms in total. The number of piperidine rings is 2. The summed E-state index contributed by atoms with van der Waals surface area (Å²) in [7, 11) is 2.28. The van der Waals surface area contributed by atoms with Crippen LogP contribution in [0.2, 0.25) is 0 Å². The molecule has 2 heterocycles. The summed E-state index contributed by atoms with van der Waals surface area (Å²) in [6, 6.07) is 2.07. The Morgan fingerprint density at radius 2 is 2.00 bits per heavy atom. The number of nitrogens with zero attached hydrogens (tertiary/aromatic N) is 1. The molecule has 0 aromatic carbocycles. The van der Waals surface area contributed by atoms with Gasteiger partial charge in [-0.1, -0.05) is 19.8 Å². The molecule has 3 atom stereocenters.